The van der Waals surface area contributed by atoms with Crippen LogP contribution in [0.3, 0.4) is 0 Å². The summed E-state index contributed by atoms with van der Waals surface area (Å²) in [5.74, 6) is 1.22. The Morgan fingerprint density at radius 1 is 1.21 bits per heavy atom. The van der Waals surface area contributed by atoms with Crippen molar-refractivity contribution in [2.24, 2.45) is 0 Å². The zero-order valence-electron chi connectivity index (χ0n) is 19.4. The number of amides is 1. The van der Waals surface area contributed by atoms with Gasteiger partial charge < -0.3 is 9.84 Å². The second-order valence-corrected chi connectivity index (χ2v) is 9.61. The Hall–Kier alpha value is -3.52. The van der Waals surface area contributed by atoms with E-state index in [1.807, 2.05) is 49.5 Å². The number of fused-ring (bicyclic) bond motifs is 1. The fourth-order valence-corrected chi connectivity index (χ4v) is 4.27. The Kier molecular flexibility index (Phi) is 5.25. The van der Waals surface area contributed by atoms with Gasteiger partial charge in [-0.25, -0.2) is 4.98 Å². The topological polar surface area (TPSA) is 88.6 Å². The highest BCUT2D eigenvalue weighted by Crippen LogP contribution is 2.32. The van der Waals surface area contributed by atoms with Gasteiger partial charge in [0.05, 0.1) is 12.1 Å². The van der Waals surface area contributed by atoms with E-state index in [4.69, 9.17) is 4.52 Å². The molecule has 8 nitrogen and oxygen atoms in total. The molecule has 0 aliphatic carbocycles. The second kappa shape index (κ2) is 8.12. The molecule has 170 valence electrons. The Morgan fingerprint density at radius 3 is 2.85 bits per heavy atom. The lowest BCUT2D eigenvalue weighted by atomic mass is 10.1. The van der Waals surface area contributed by atoms with Crippen LogP contribution in [0.15, 0.2) is 53.3 Å². The standard InChI is InChI=1S/C25H28N6O2/c1-16-8-9-17(22-28-24(33-29-22)18-10-12-30(15-18)25(2,3)4)13-19(16)27-23(32)20-14-26-21-7-5-6-11-31(20)21/h5-9,11,13-14,18H,10,12,15H2,1-4H3,(H,27,32). The van der Waals surface area contributed by atoms with Crippen LogP contribution < -0.4 is 5.32 Å². The average Bonchev–Trinajstić information content (AvgIpc) is 3.53. The van der Waals surface area contributed by atoms with Gasteiger partial charge in [-0.15, -0.1) is 0 Å². The number of carbonyl (C=O) groups is 1. The number of pyridine rings is 1. The number of hydrogen-bond acceptors (Lipinski definition) is 6. The Bertz CT molecular complexity index is 1320. The van der Waals surface area contributed by atoms with Crippen molar-refractivity contribution in [3.63, 3.8) is 0 Å². The molecule has 1 aliphatic heterocycles. The summed E-state index contributed by atoms with van der Waals surface area (Å²) in [4.78, 5) is 24.4. The van der Waals surface area contributed by atoms with Gasteiger partial charge in [0.2, 0.25) is 11.7 Å². The summed E-state index contributed by atoms with van der Waals surface area (Å²) in [6, 6.07) is 11.4. The lowest BCUT2D eigenvalue weighted by molar-refractivity contribution is 0.102. The predicted octanol–water partition coefficient (Wildman–Crippen LogP) is 4.53. The molecule has 1 unspecified atom stereocenters. The first-order chi connectivity index (χ1) is 15.8. The number of benzene rings is 1. The van der Waals surface area contributed by atoms with E-state index in [2.05, 4.69) is 46.1 Å². The molecular weight excluding hydrogens is 416 g/mol. The number of rotatable bonds is 4. The van der Waals surface area contributed by atoms with Gasteiger partial charge in [0.15, 0.2) is 0 Å². The third kappa shape index (κ3) is 4.14. The quantitative estimate of drug-likeness (QED) is 0.497. The molecule has 1 aromatic carbocycles. The van der Waals surface area contributed by atoms with Gasteiger partial charge in [0.25, 0.3) is 5.91 Å². The zero-order valence-corrected chi connectivity index (χ0v) is 19.4. The molecule has 4 aromatic rings. The van der Waals surface area contributed by atoms with Crippen LogP contribution in [0.1, 0.15) is 55.1 Å². The molecule has 0 spiro atoms. The van der Waals surface area contributed by atoms with E-state index in [-0.39, 0.29) is 17.4 Å². The van der Waals surface area contributed by atoms with Crippen LogP contribution >= 0.6 is 0 Å². The van der Waals surface area contributed by atoms with Crippen molar-refractivity contribution in [1.82, 2.24) is 24.4 Å². The van der Waals surface area contributed by atoms with E-state index in [0.29, 0.717) is 23.1 Å². The van der Waals surface area contributed by atoms with Crippen molar-refractivity contribution in [3.8, 4) is 11.4 Å². The van der Waals surface area contributed by atoms with Crippen molar-refractivity contribution in [2.45, 2.75) is 45.6 Å². The molecule has 5 rings (SSSR count). The first-order valence-corrected chi connectivity index (χ1v) is 11.2. The van der Waals surface area contributed by atoms with Gasteiger partial charge in [-0.05, 0) is 64.4 Å². The van der Waals surface area contributed by atoms with E-state index in [1.54, 1.807) is 10.6 Å². The highest BCUT2D eigenvalue weighted by molar-refractivity contribution is 6.04. The molecular formula is C25H28N6O2. The third-order valence-corrected chi connectivity index (χ3v) is 6.32. The van der Waals surface area contributed by atoms with Gasteiger partial charge in [-0.3, -0.25) is 14.1 Å². The van der Waals surface area contributed by atoms with Crippen LogP contribution in [-0.2, 0) is 0 Å². The molecule has 33 heavy (non-hydrogen) atoms. The number of hydrogen-bond donors (Lipinski definition) is 1. The maximum Gasteiger partial charge on any atom is 0.274 e. The SMILES string of the molecule is Cc1ccc(-c2noc(C3CCN(C(C)(C)C)C3)n2)cc1NC(=O)c1cnc2ccccn12. The monoisotopic (exact) mass is 444 g/mol. The van der Waals surface area contributed by atoms with Crippen LogP contribution in [0.25, 0.3) is 17.0 Å². The summed E-state index contributed by atoms with van der Waals surface area (Å²) in [5, 5.41) is 7.23. The van der Waals surface area contributed by atoms with Gasteiger partial charge in [0, 0.05) is 29.5 Å². The maximum absolute atomic E-state index is 13.0. The Morgan fingerprint density at radius 2 is 2.06 bits per heavy atom. The highest BCUT2D eigenvalue weighted by atomic mass is 16.5. The number of nitrogens with zero attached hydrogens (tertiary/aromatic N) is 5. The zero-order chi connectivity index (χ0) is 23.2. The summed E-state index contributed by atoms with van der Waals surface area (Å²) < 4.78 is 7.40. The van der Waals surface area contributed by atoms with Crippen LogP contribution in [0.2, 0.25) is 0 Å². The maximum atomic E-state index is 13.0. The van der Waals surface area contributed by atoms with Crippen molar-refractivity contribution in [3.05, 3.63) is 65.9 Å². The third-order valence-electron chi connectivity index (χ3n) is 6.32. The predicted molar refractivity (Wildman–Crippen MR) is 126 cm³/mol. The van der Waals surface area contributed by atoms with Crippen LogP contribution in [0, 0.1) is 6.92 Å². The second-order valence-electron chi connectivity index (χ2n) is 9.61. The molecule has 0 bridgehead atoms. The summed E-state index contributed by atoms with van der Waals surface area (Å²) in [7, 11) is 0. The van der Waals surface area contributed by atoms with Gasteiger partial charge in [-0.2, -0.15) is 4.98 Å². The molecule has 1 saturated heterocycles. The van der Waals surface area contributed by atoms with E-state index in [9.17, 15) is 4.79 Å². The molecule has 4 heterocycles. The van der Waals surface area contributed by atoms with Crippen LogP contribution in [-0.4, -0.2) is 49.0 Å². The van der Waals surface area contributed by atoms with Crippen molar-refractivity contribution in [1.29, 1.82) is 0 Å². The van der Waals surface area contributed by atoms with Crippen LogP contribution in [0.4, 0.5) is 5.69 Å². The van der Waals surface area contributed by atoms with Crippen molar-refractivity contribution >= 4 is 17.2 Å². The van der Waals surface area contributed by atoms with E-state index < -0.39 is 0 Å². The minimum atomic E-state index is -0.226. The van der Waals surface area contributed by atoms with Gasteiger partial charge in [-0.1, -0.05) is 23.4 Å². The number of imidazole rings is 1. The molecule has 1 amide bonds. The van der Waals surface area contributed by atoms with Crippen LogP contribution in [0.5, 0.6) is 0 Å². The van der Waals surface area contributed by atoms with Crippen molar-refractivity contribution in [2.75, 3.05) is 18.4 Å². The summed E-state index contributed by atoms with van der Waals surface area (Å²) >= 11 is 0. The van der Waals surface area contributed by atoms with Gasteiger partial charge >= 0.3 is 0 Å². The molecule has 1 N–H and O–H groups in total. The van der Waals surface area contributed by atoms with Crippen molar-refractivity contribution < 1.29 is 9.32 Å². The first kappa shape index (κ1) is 21.3. The smallest absolute Gasteiger partial charge is 0.274 e. The number of aryl methyl sites for hydroxylation is 1. The highest BCUT2D eigenvalue weighted by Gasteiger charge is 2.34. The number of nitrogens with one attached hydrogen (secondary N) is 1. The lowest BCUT2D eigenvalue weighted by Crippen LogP contribution is -2.39. The number of carbonyl (C=O) groups excluding carboxylic acids is 1. The molecule has 1 fully saturated rings. The molecule has 1 atom stereocenters. The first-order valence-electron chi connectivity index (χ1n) is 11.2. The number of likely N-dealkylation sites (tertiary alicyclic amines) is 1. The summed E-state index contributed by atoms with van der Waals surface area (Å²) in [5.41, 5.74) is 3.78. The molecule has 8 heteroatoms. The van der Waals surface area contributed by atoms with E-state index in [1.165, 1.54) is 0 Å². The Labute approximate surface area is 192 Å². The lowest BCUT2D eigenvalue weighted by Gasteiger charge is -2.31. The summed E-state index contributed by atoms with van der Waals surface area (Å²) in [6.45, 7) is 10.6. The summed E-state index contributed by atoms with van der Waals surface area (Å²) in [6.07, 6.45) is 4.41. The molecule has 0 saturated carbocycles. The largest absolute Gasteiger partial charge is 0.339 e. The number of anilines is 1. The van der Waals surface area contributed by atoms with E-state index in [0.717, 1.165) is 36.3 Å². The fraction of sp³-hybridized carbons (Fsp3) is 0.360. The molecule has 1 aliphatic rings. The normalized spacial score (nSPS) is 17.0. The molecule has 0 radical (unpaired) electrons. The fourth-order valence-electron chi connectivity index (χ4n) is 4.27. The minimum absolute atomic E-state index is 0.127. The minimum Gasteiger partial charge on any atom is -0.339 e. The molecule has 3 aromatic heterocycles. The number of aromatic nitrogens is 4. The van der Waals surface area contributed by atoms with Gasteiger partial charge in [0.1, 0.15) is 11.3 Å². The van der Waals surface area contributed by atoms with E-state index >= 15 is 0 Å². The average molecular weight is 445 g/mol. The Balaban J connectivity index is 1.36.